The lowest BCUT2D eigenvalue weighted by Gasteiger charge is -2.50. The first-order valence-electron chi connectivity index (χ1n) is 9.73. The lowest BCUT2D eigenvalue weighted by atomic mass is 9.79. The maximum atomic E-state index is 6.18. The Bertz CT molecular complexity index is 714. The molecule has 0 amide bonds. The molecule has 4 rings (SSSR count). The lowest BCUT2D eigenvalue weighted by molar-refractivity contribution is -0.139. The van der Waals surface area contributed by atoms with Gasteiger partial charge in [0.05, 0.1) is 19.3 Å². The fourth-order valence-electron chi connectivity index (χ4n) is 4.25. The molecule has 1 aromatic heterocycles. The molecule has 0 saturated carbocycles. The van der Waals surface area contributed by atoms with Crippen molar-refractivity contribution in [1.29, 1.82) is 0 Å². The van der Waals surface area contributed by atoms with Gasteiger partial charge in [-0.05, 0) is 48.1 Å². The zero-order chi connectivity index (χ0) is 18.5. The summed E-state index contributed by atoms with van der Waals surface area (Å²) in [6.45, 7) is 5.31. The lowest BCUT2D eigenvalue weighted by Crippen LogP contribution is -2.64. The monoisotopic (exact) mass is 368 g/mol. The van der Waals surface area contributed by atoms with Crippen LogP contribution < -0.4 is 4.74 Å². The Balaban J connectivity index is 1.21. The number of pyridine rings is 1. The average molecular weight is 368 g/mol. The third-order valence-corrected chi connectivity index (χ3v) is 5.75. The summed E-state index contributed by atoms with van der Waals surface area (Å²) in [5.41, 5.74) is 2.49. The van der Waals surface area contributed by atoms with Gasteiger partial charge < -0.3 is 14.2 Å². The summed E-state index contributed by atoms with van der Waals surface area (Å²) in [6.07, 6.45) is 5.86. The van der Waals surface area contributed by atoms with Gasteiger partial charge in [-0.3, -0.25) is 9.88 Å². The van der Waals surface area contributed by atoms with E-state index < -0.39 is 0 Å². The molecule has 3 heterocycles. The minimum atomic E-state index is 0.0458. The molecule has 0 aliphatic carbocycles. The number of hydrogen-bond donors (Lipinski definition) is 0. The number of rotatable bonds is 8. The maximum absolute atomic E-state index is 6.18. The summed E-state index contributed by atoms with van der Waals surface area (Å²) in [7, 11) is 1.70. The molecule has 27 heavy (non-hydrogen) atoms. The van der Waals surface area contributed by atoms with Crippen LogP contribution >= 0.6 is 0 Å². The number of methoxy groups -OCH3 is 1. The van der Waals surface area contributed by atoms with Crippen LogP contribution in [-0.2, 0) is 22.6 Å². The van der Waals surface area contributed by atoms with Crippen LogP contribution in [0.4, 0.5) is 0 Å². The Morgan fingerprint density at radius 2 is 2.04 bits per heavy atom. The van der Waals surface area contributed by atoms with Crippen molar-refractivity contribution < 1.29 is 14.2 Å². The molecule has 0 radical (unpaired) electrons. The van der Waals surface area contributed by atoms with Crippen LogP contribution in [0.5, 0.6) is 5.75 Å². The van der Waals surface area contributed by atoms with Gasteiger partial charge in [0.2, 0.25) is 0 Å². The van der Waals surface area contributed by atoms with Gasteiger partial charge in [0.15, 0.2) is 0 Å². The SMILES string of the molecule is COc1ccc(CN2CC3(C2)OCCC3CCOCc2cccnc2)cc1. The molecule has 144 valence electrons. The van der Waals surface area contributed by atoms with Crippen molar-refractivity contribution in [2.24, 2.45) is 5.92 Å². The van der Waals surface area contributed by atoms with Crippen LogP contribution in [0.25, 0.3) is 0 Å². The second kappa shape index (κ2) is 8.38. The van der Waals surface area contributed by atoms with E-state index in [1.807, 2.05) is 24.4 Å². The van der Waals surface area contributed by atoms with Crippen LogP contribution in [0.3, 0.4) is 0 Å². The topological polar surface area (TPSA) is 43.8 Å². The molecule has 5 nitrogen and oxygen atoms in total. The van der Waals surface area contributed by atoms with Crippen molar-refractivity contribution in [3.8, 4) is 5.75 Å². The van der Waals surface area contributed by atoms with Gasteiger partial charge >= 0.3 is 0 Å². The Hall–Kier alpha value is -1.95. The van der Waals surface area contributed by atoms with E-state index in [9.17, 15) is 0 Å². The Morgan fingerprint density at radius 3 is 2.78 bits per heavy atom. The fraction of sp³-hybridized carbons (Fsp3) is 0.500. The molecule has 2 fully saturated rings. The summed E-state index contributed by atoms with van der Waals surface area (Å²) < 4.78 is 17.3. The van der Waals surface area contributed by atoms with Crippen molar-refractivity contribution in [2.75, 3.05) is 33.4 Å². The van der Waals surface area contributed by atoms with Gasteiger partial charge in [-0.15, -0.1) is 0 Å². The number of hydrogen-bond acceptors (Lipinski definition) is 5. The Kier molecular flexibility index (Phi) is 5.72. The zero-order valence-electron chi connectivity index (χ0n) is 16.0. The van der Waals surface area contributed by atoms with Crippen LogP contribution in [0.15, 0.2) is 48.8 Å². The molecule has 2 aliphatic heterocycles. The minimum absolute atomic E-state index is 0.0458. The van der Waals surface area contributed by atoms with Crippen molar-refractivity contribution in [3.05, 3.63) is 59.9 Å². The Labute approximate surface area is 161 Å². The van der Waals surface area contributed by atoms with Crippen LogP contribution in [0, 0.1) is 5.92 Å². The number of benzene rings is 1. The quantitative estimate of drug-likeness (QED) is 0.669. The number of likely N-dealkylation sites (tertiary alicyclic amines) is 1. The van der Waals surface area contributed by atoms with Gasteiger partial charge in [-0.2, -0.15) is 0 Å². The molecule has 0 N–H and O–H groups in total. The first-order chi connectivity index (χ1) is 13.3. The van der Waals surface area contributed by atoms with E-state index in [2.05, 4.69) is 28.1 Å². The number of aromatic nitrogens is 1. The van der Waals surface area contributed by atoms with Crippen molar-refractivity contribution in [1.82, 2.24) is 9.88 Å². The molecule has 1 spiro atoms. The highest BCUT2D eigenvalue weighted by Crippen LogP contribution is 2.42. The summed E-state index contributed by atoms with van der Waals surface area (Å²) >= 11 is 0. The van der Waals surface area contributed by atoms with Gasteiger partial charge in [-0.1, -0.05) is 18.2 Å². The van der Waals surface area contributed by atoms with Gasteiger partial charge in [0.25, 0.3) is 0 Å². The normalized spacial score (nSPS) is 21.3. The predicted octanol–water partition coefficient (Wildman–Crippen LogP) is 3.29. The molecule has 5 heteroatoms. The smallest absolute Gasteiger partial charge is 0.118 e. The molecular weight excluding hydrogens is 340 g/mol. The summed E-state index contributed by atoms with van der Waals surface area (Å²) in [5.74, 6) is 1.50. The van der Waals surface area contributed by atoms with E-state index in [0.29, 0.717) is 12.5 Å². The van der Waals surface area contributed by atoms with E-state index in [-0.39, 0.29) is 5.60 Å². The zero-order valence-corrected chi connectivity index (χ0v) is 16.0. The van der Waals surface area contributed by atoms with Crippen molar-refractivity contribution in [2.45, 2.75) is 31.6 Å². The first-order valence-corrected chi connectivity index (χ1v) is 9.73. The summed E-state index contributed by atoms with van der Waals surface area (Å²) in [4.78, 5) is 6.60. The highest BCUT2D eigenvalue weighted by atomic mass is 16.5. The molecule has 2 saturated heterocycles. The fourth-order valence-corrected chi connectivity index (χ4v) is 4.25. The van der Waals surface area contributed by atoms with E-state index in [1.54, 1.807) is 13.3 Å². The number of ether oxygens (including phenoxy) is 3. The van der Waals surface area contributed by atoms with E-state index in [4.69, 9.17) is 14.2 Å². The van der Waals surface area contributed by atoms with E-state index >= 15 is 0 Å². The van der Waals surface area contributed by atoms with Gasteiger partial charge in [-0.25, -0.2) is 0 Å². The molecule has 0 bridgehead atoms. The van der Waals surface area contributed by atoms with Crippen LogP contribution in [0.2, 0.25) is 0 Å². The predicted molar refractivity (Wildman–Crippen MR) is 104 cm³/mol. The Morgan fingerprint density at radius 1 is 1.19 bits per heavy atom. The molecule has 1 aromatic carbocycles. The molecule has 2 aliphatic rings. The molecule has 2 aromatic rings. The molecular formula is C22H28N2O3. The first kappa shape index (κ1) is 18.4. The number of nitrogens with zero attached hydrogens (tertiary/aromatic N) is 2. The molecule has 1 atom stereocenters. The van der Waals surface area contributed by atoms with Crippen LogP contribution in [0.1, 0.15) is 24.0 Å². The van der Waals surface area contributed by atoms with Crippen molar-refractivity contribution >= 4 is 0 Å². The van der Waals surface area contributed by atoms with Crippen LogP contribution in [-0.4, -0.2) is 48.9 Å². The van der Waals surface area contributed by atoms with Gasteiger partial charge in [0, 0.05) is 45.2 Å². The third-order valence-electron chi connectivity index (χ3n) is 5.75. The van der Waals surface area contributed by atoms with E-state index in [0.717, 1.165) is 57.0 Å². The van der Waals surface area contributed by atoms with Gasteiger partial charge in [0.1, 0.15) is 5.75 Å². The average Bonchev–Trinajstić information content (AvgIpc) is 3.10. The minimum Gasteiger partial charge on any atom is -0.497 e. The highest BCUT2D eigenvalue weighted by Gasteiger charge is 2.52. The largest absolute Gasteiger partial charge is 0.497 e. The highest BCUT2D eigenvalue weighted by molar-refractivity contribution is 5.27. The summed E-state index contributed by atoms with van der Waals surface area (Å²) in [6, 6.07) is 12.3. The second-order valence-electron chi connectivity index (χ2n) is 7.59. The van der Waals surface area contributed by atoms with Crippen molar-refractivity contribution in [3.63, 3.8) is 0 Å². The molecule has 1 unspecified atom stereocenters. The third kappa shape index (κ3) is 4.32. The standard InChI is InChI=1S/C22H28N2O3/c1-25-21-6-4-18(5-7-21)14-24-16-22(17-24)20(9-12-27-22)8-11-26-15-19-3-2-10-23-13-19/h2-7,10,13,20H,8-9,11-12,14-17H2,1H3. The summed E-state index contributed by atoms with van der Waals surface area (Å²) in [5, 5.41) is 0. The maximum Gasteiger partial charge on any atom is 0.118 e. The second-order valence-corrected chi connectivity index (χ2v) is 7.59. The van der Waals surface area contributed by atoms with E-state index in [1.165, 1.54) is 5.56 Å².